The van der Waals surface area contributed by atoms with E-state index in [1.165, 1.54) is 5.56 Å². The van der Waals surface area contributed by atoms with E-state index < -0.39 is 5.60 Å². The van der Waals surface area contributed by atoms with Gasteiger partial charge in [0.2, 0.25) is 5.91 Å². The lowest BCUT2D eigenvalue weighted by molar-refractivity contribution is -0.130. The number of H-pyrrole nitrogens is 1. The average Bonchev–Trinajstić information content (AvgIpc) is 3.36. The summed E-state index contributed by atoms with van der Waals surface area (Å²) >= 11 is 0. The maximum absolute atomic E-state index is 12.5. The van der Waals surface area contributed by atoms with Crippen LogP contribution in [0.1, 0.15) is 68.8 Å². The normalized spacial score (nSPS) is 19.8. The molecule has 0 saturated carbocycles. The van der Waals surface area contributed by atoms with E-state index in [-0.39, 0.29) is 11.3 Å². The van der Waals surface area contributed by atoms with Gasteiger partial charge in [-0.05, 0) is 61.4 Å². The molecule has 2 aromatic heterocycles. The molecule has 2 N–H and O–H groups in total. The van der Waals surface area contributed by atoms with Crippen LogP contribution in [0.15, 0.2) is 48.8 Å². The third kappa shape index (κ3) is 4.90. The molecule has 1 atom stereocenters. The van der Waals surface area contributed by atoms with Crippen molar-refractivity contribution in [2.45, 2.75) is 58.5 Å². The predicted octanol–water partition coefficient (Wildman–Crippen LogP) is 4.58. The smallest absolute Gasteiger partial charge is 0.219 e. The number of carbonyl (C=O) groups excluding carboxylic acids is 1. The molecule has 0 unspecified atom stereocenters. The number of aromatic nitrogens is 3. The maximum atomic E-state index is 12.5. The Morgan fingerprint density at radius 2 is 1.82 bits per heavy atom. The van der Waals surface area contributed by atoms with E-state index >= 15 is 0 Å². The Balaban J connectivity index is 1.41. The molecule has 38 heavy (non-hydrogen) atoms. The van der Waals surface area contributed by atoms with Crippen molar-refractivity contribution in [3.05, 3.63) is 71.2 Å². The quantitative estimate of drug-likeness (QED) is 0.481. The molecule has 0 bridgehead atoms. The summed E-state index contributed by atoms with van der Waals surface area (Å²) in [4.78, 5) is 20.4. The van der Waals surface area contributed by atoms with Crippen LogP contribution in [0.2, 0.25) is 0 Å². The fraction of sp³-hybridized carbons (Fsp3) is 0.516. The molecule has 2 aliphatic heterocycles. The first-order valence-corrected chi connectivity index (χ1v) is 13.9. The molecule has 1 amide bonds. The first-order chi connectivity index (χ1) is 18.1. The molecule has 7 heteroatoms. The largest absolute Gasteiger partial charge is 0.380 e. The highest BCUT2D eigenvalue weighted by molar-refractivity contribution is 5.73. The summed E-state index contributed by atoms with van der Waals surface area (Å²) in [6.45, 7) is 11.4. The van der Waals surface area contributed by atoms with E-state index in [1.54, 1.807) is 13.1 Å². The van der Waals surface area contributed by atoms with Crippen LogP contribution in [-0.2, 0) is 16.8 Å². The van der Waals surface area contributed by atoms with Gasteiger partial charge in [-0.15, -0.1) is 0 Å². The molecule has 5 rings (SSSR count). The summed E-state index contributed by atoms with van der Waals surface area (Å²) in [5, 5.41) is 20.3. The van der Waals surface area contributed by atoms with Crippen molar-refractivity contribution in [2.75, 3.05) is 33.2 Å². The number of pyridine rings is 1. The SMILES string of the molecule is CC(=O)N1CCC(Cc2cc(-c3cncc([C@@](O)(c4ccc(C(C)C)cc4)C4(C)CN(C)C4)c3)n[nH]2)CC1. The Morgan fingerprint density at radius 1 is 1.13 bits per heavy atom. The van der Waals surface area contributed by atoms with Gasteiger partial charge in [-0.3, -0.25) is 14.9 Å². The van der Waals surface area contributed by atoms with E-state index in [2.05, 4.69) is 84.3 Å². The zero-order valence-electron chi connectivity index (χ0n) is 23.4. The number of benzene rings is 1. The van der Waals surface area contributed by atoms with Crippen LogP contribution >= 0.6 is 0 Å². The molecule has 202 valence electrons. The summed E-state index contributed by atoms with van der Waals surface area (Å²) in [5.41, 5.74) is 4.26. The zero-order valence-corrected chi connectivity index (χ0v) is 23.4. The molecule has 2 saturated heterocycles. The van der Waals surface area contributed by atoms with Crippen LogP contribution in [0.4, 0.5) is 0 Å². The topological polar surface area (TPSA) is 85.3 Å². The van der Waals surface area contributed by atoms with Crippen molar-refractivity contribution in [2.24, 2.45) is 11.3 Å². The second-order valence-corrected chi connectivity index (χ2v) is 12.1. The standard InChI is InChI=1S/C31H41N5O2/c1-21(2)24-6-8-26(9-7-24)31(38,30(4)19-35(5)20-30)27-15-25(17-32-18-27)29-16-28(33-34-29)14-23-10-12-36(13-11-23)22(3)37/h6-9,15-18,21,23,38H,10-14,19-20H2,1-5H3,(H,33,34)/t31-/m0/s1. The van der Waals surface area contributed by atoms with Gasteiger partial charge in [-0.1, -0.05) is 45.0 Å². The maximum Gasteiger partial charge on any atom is 0.219 e. The molecule has 2 fully saturated rings. The lowest BCUT2D eigenvalue weighted by atomic mass is 9.62. The highest BCUT2D eigenvalue weighted by Crippen LogP contribution is 2.50. The van der Waals surface area contributed by atoms with Crippen LogP contribution in [0.25, 0.3) is 11.3 Å². The van der Waals surface area contributed by atoms with Gasteiger partial charge in [-0.25, -0.2) is 0 Å². The second-order valence-electron chi connectivity index (χ2n) is 12.1. The first-order valence-electron chi connectivity index (χ1n) is 13.9. The van der Waals surface area contributed by atoms with Crippen molar-refractivity contribution in [3.8, 4) is 11.3 Å². The molecule has 0 spiro atoms. The summed E-state index contributed by atoms with van der Waals surface area (Å²) in [6.07, 6.45) is 6.58. The van der Waals surface area contributed by atoms with Gasteiger partial charge >= 0.3 is 0 Å². The first kappa shape index (κ1) is 26.6. The van der Waals surface area contributed by atoms with E-state index in [0.29, 0.717) is 11.8 Å². The Labute approximate surface area is 226 Å². The Bertz CT molecular complexity index is 1270. The van der Waals surface area contributed by atoms with Gasteiger partial charge in [0.15, 0.2) is 0 Å². The van der Waals surface area contributed by atoms with Gasteiger partial charge in [0, 0.05) is 67.7 Å². The minimum atomic E-state index is -1.18. The molecule has 7 nitrogen and oxygen atoms in total. The van der Waals surface area contributed by atoms with Gasteiger partial charge in [0.25, 0.3) is 0 Å². The number of hydrogen-bond donors (Lipinski definition) is 2. The minimum Gasteiger partial charge on any atom is -0.380 e. The Hall–Kier alpha value is -3.03. The van der Waals surface area contributed by atoms with E-state index in [9.17, 15) is 9.90 Å². The molecular weight excluding hydrogens is 474 g/mol. The van der Waals surface area contributed by atoms with Gasteiger partial charge in [0.05, 0.1) is 5.69 Å². The van der Waals surface area contributed by atoms with E-state index in [1.807, 2.05) is 11.1 Å². The number of rotatable bonds is 7. The molecule has 2 aliphatic rings. The zero-order chi connectivity index (χ0) is 27.1. The molecule has 4 heterocycles. The average molecular weight is 516 g/mol. The lowest BCUT2D eigenvalue weighted by Gasteiger charge is -2.55. The highest BCUT2D eigenvalue weighted by Gasteiger charge is 2.55. The molecule has 0 aliphatic carbocycles. The molecular formula is C31H41N5O2. The number of nitrogens with one attached hydrogen (secondary N) is 1. The Kier molecular flexibility index (Phi) is 7.18. The van der Waals surface area contributed by atoms with Crippen molar-refractivity contribution in [3.63, 3.8) is 0 Å². The van der Waals surface area contributed by atoms with Crippen LogP contribution in [0.5, 0.6) is 0 Å². The monoisotopic (exact) mass is 515 g/mol. The number of aliphatic hydroxyl groups is 1. The predicted molar refractivity (Wildman–Crippen MR) is 150 cm³/mol. The highest BCUT2D eigenvalue weighted by atomic mass is 16.3. The second kappa shape index (κ2) is 10.3. The van der Waals surface area contributed by atoms with Crippen LogP contribution in [-0.4, -0.2) is 69.2 Å². The number of likely N-dealkylation sites (tertiary alicyclic amines) is 2. The number of nitrogens with zero attached hydrogens (tertiary/aromatic N) is 4. The number of amides is 1. The summed E-state index contributed by atoms with van der Waals surface area (Å²) in [6, 6.07) is 12.6. The van der Waals surface area contributed by atoms with Crippen molar-refractivity contribution in [1.29, 1.82) is 0 Å². The number of piperidine rings is 1. The third-order valence-corrected chi connectivity index (χ3v) is 8.76. The molecule has 3 aromatic rings. The summed E-state index contributed by atoms with van der Waals surface area (Å²) < 4.78 is 0. The van der Waals surface area contributed by atoms with Crippen molar-refractivity contribution < 1.29 is 9.90 Å². The van der Waals surface area contributed by atoms with Crippen LogP contribution in [0.3, 0.4) is 0 Å². The van der Waals surface area contributed by atoms with E-state index in [0.717, 1.165) is 73.5 Å². The van der Waals surface area contributed by atoms with Crippen molar-refractivity contribution in [1.82, 2.24) is 25.0 Å². The van der Waals surface area contributed by atoms with Gasteiger partial charge in [0.1, 0.15) is 5.60 Å². The van der Waals surface area contributed by atoms with E-state index in [4.69, 9.17) is 0 Å². The Morgan fingerprint density at radius 3 is 2.42 bits per heavy atom. The summed E-state index contributed by atoms with van der Waals surface area (Å²) in [7, 11) is 2.09. The number of aromatic amines is 1. The summed E-state index contributed by atoms with van der Waals surface area (Å²) in [5.74, 6) is 1.14. The van der Waals surface area contributed by atoms with Gasteiger partial charge in [-0.2, -0.15) is 5.10 Å². The number of carbonyl (C=O) groups is 1. The fourth-order valence-electron chi connectivity index (χ4n) is 6.50. The van der Waals surface area contributed by atoms with Crippen LogP contribution < -0.4 is 0 Å². The lowest BCUT2D eigenvalue weighted by Crippen LogP contribution is -2.63. The fourth-order valence-corrected chi connectivity index (χ4v) is 6.50. The molecule has 0 radical (unpaired) electrons. The minimum absolute atomic E-state index is 0.165. The van der Waals surface area contributed by atoms with Crippen molar-refractivity contribution >= 4 is 5.91 Å². The van der Waals surface area contributed by atoms with Crippen LogP contribution in [0, 0.1) is 11.3 Å². The third-order valence-electron chi connectivity index (χ3n) is 8.76. The number of hydrogen-bond acceptors (Lipinski definition) is 5. The molecule has 1 aromatic carbocycles. The van der Waals surface area contributed by atoms with Gasteiger partial charge < -0.3 is 14.9 Å².